The molecule has 1 fully saturated rings. The Morgan fingerprint density at radius 2 is 1.87 bits per heavy atom. The van der Waals surface area contributed by atoms with Crippen molar-refractivity contribution in [2.24, 2.45) is 11.8 Å². The molecule has 0 bridgehead atoms. The van der Waals surface area contributed by atoms with Crippen LogP contribution in [0.25, 0.3) is 0 Å². The van der Waals surface area contributed by atoms with Gasteiger partial charge in [-0.15, -0.1) is 0 Å². The molecule has 0 aliphatic heterocycles. The van der Waals surface area contributed by atoms with Gasteiger partial charge in [-0.05, 0) is 12.8 Å². The first-order valence-corrected chi connectivity index (χ1v) is 5.59. The third kappa shape index (κ3) is 3.14. The summed E-state index contributed by atoms with van der Waals surface area (Å²) in [5.74, 6) is -4.80. The number of aliphatic carboxylic acids is 1. The van der Waals surface area contributed by atoms with Gasteiger partial charge in [-0.1, -0.05) is 26.2 Å². The van der Waals surface area contributed by atoms with Crippen molar-refractivity contribution < 1.29 is 18.7 Å². The predicted molar refractivity (Wildman–Crippen MR) is 52.9 cm³/mol. The number of hydrogen-bond donors (Lipinski definition) is 1. The summed E-state index contributed by atoms with van der Waals surface area (Å²) in [5.41, 5.74) is 0. The lowest BCUT2D eigenvalue weighted by atomic mass is 10.1. The molecule has 2 nitrogen and oxygen atoms in total. The fraction of sp³-hybridized carbons (Fsp3) is 0.909. The number of rotatable bonds is 7. The van der Waals surface area contributed by atoms with Gasteiger partial charge in [0.05, 0.1) is 0 Å². The first kappa shape index (κ1) is 12.4. The van der Waals surface area contributed by atoms with E-state index >= 15 is 0 Å². The van der Waals surface area contributed by atoms with Gasteiger partial charge in [0.2, 0.25) is 0 Å². The quantitative estimate of drug-likeness (QED) is 0.668. The number of unbranched alkanes of at least 4 members (excludes halogenated alkanes) is 2. The van der Waals surface area contributed by atoms with Crippen molar-refractivity contribution in [1.82, 2.24) is 0 Å². The van der Waals surface area contributed by atoms with Crippen LogP contribution in [0, 0.1) is 11.8 Å². The highest BCUT2D eigenvalue weighted by Gasteiger charge is 2.66. The highest BCUT2D eigenvalue weighted by molar-refractivity contribution is 5.66. The van der Waals surface area contributed by atoms with Crippen LogP contribution in [0.5, 0.6) is 0 Å². The van der Waals surface area contributed by atoms with Gasteiger partial charge in [0.1, 0.15) is 0 Å². The van der Waals surface area contributed by atoms with Gasteiger partial charge in [0.25, 0.3) is 5.92 Å². The molecular weight excluding hydrogens is 202 g/mol. The van der Waals surface area contributed by atoms with Crippen LogP contribution in [0.2, 0.25) is 0 Å². The van der Waals surface area contributed by atoms with Crippen molar-refractivity contribution in [3.05, 3.63) is 0 Å². The van der Waals surface area contributed by atoms with Gasteiger partial charge in [0.15, 0.2) is 0 Å². The molecule has 1 N–H and O–H groups in total. The Morgan fingerprint density at radius 3 is 2.40 bits per heavy atom. The van der Waals surface area contributed by atoms with Crippen LogP contribution in [0.4, 0.5) is 8.78 Å². The predicted octanol–water partition coefficient (Wildman–Crippen LogP) is 3.31. The summed E-state index contributed by atoms with van der Waals surface area (Å²) in [7, 11) is 0. The maximum Gasteiger partial charge on any atom is 0.303 e. The largest absolute Gasteiger partial charge is 0.481 e. The van der Waals surface area contributed by atoms with E-state index in [-0.39, 0.29) is 12.8 Å². The number of hydrogen-bond acceptors (Lipinski definition) is 1. The number of carboxylic acids is 1. The van der Waals surface area contributed by atoms with E-state index in [1.807, 2.05) is 6.92 Å². The van der Waals surface area contributed by atoms with Gasteiger partial charge in [-0.25, -0.2) is 8.78 Å². The molecule has 4 heteroatoms. The number of carboxylic acid groups (broad SMARTS) is 1. The lowest BCUT2D eigenvalue weighted by Crippen LogP contribution is -1.99. The first-order valence-electron chi connectivity index (χ1n) is 5.59. The minimum absolute atomic E-state index is 0.124. The second-order valence-electron chi connectivity index (χ2n) is 4.32. The second kappa shape index (κ2) is 4.90. The van der Waals surface area contributed by atoms with Gasteiger partial charge >= 0.3 is 5.97 Å². The molecule has 0 spiro atoms. The molecule has 88 valence electrons. The van der Waals surface area contributed by atoms with Crippen LogP contribution in [0.15, 0.2) is 0 Å². The van der Waals surface area contributed by atoms with Crippen molar-refractivity contribution in [2.45, 2.75) is 51.4 Å². The average molecular weight is 220 g/mol. The molecule has 0 heterocycles. The second-order valence-corrected chi connectivity index (χ2v) is 4.32. The fourth-order valence-electron chi connectivity index (χ4n) is 2.14. The van der Waals surface area contributed by atoms with Crippen molar-refractivity contribution in [1.29, 1.82) is 0 Å². The molecule has 1 aliphatic rings. The molecule has 2 unspecified atom stereocenters. The minimum atomic E-state index is -2.59. The van der Waals surface area contributed by atoms with E-state index in [9.17, 15) is 13.6 Å². The summed E-state index contributed by atoms with van der Waals surface area (Å²) in [6.45, 7) is 2.03. The molecule has 1 aliphatic carbocycles. The summed E-state index contributed by atoms with van der Waals surface area (Å²) in [6.07, 6.45) is 3.38. The maximum atomic E-state index is 13.1. The van der Waals surface area contributed by atoms with E-state index in [1.54, 1.807) is 0 Å². The molecule has 15 heavy (non-hydrogen) atoms. The summed E-state index contributed by atoms with van der Waals surface area (Å²) in [4.78, 5) is 10.3. The van der Waals surface area contributed by atoms with Crippen LogP contribution in [0.1, 0.15) is 45.4 Å². The fourth-order valence-corrected chi connectivity index (χ4v) is 2.14. The number of carbonyl (C=O) groups is 1. The zero-order chi connectivity index (χ0) is 11.5. The molecule has 0 radical (unpaired) electrons. The smallest absolute Gasteiger partial charge is 0.303 e. The monoisotopic (exact) mass is 220 g/mol. The van der Waals surface area contributed by atoms with Crippen LogP contribution >= 0.6 is 0 Å². The van der Waals surface area contributed by atoms with Crippen LogP contribution in [-0.4, -0.2) is 17.0 Å². The Hall–Kier alpha value is -0.670. The minimum Gasteiger partial charge on any atom is -0.481 e. The van der Waals surface area contributed by atoms with E-state index in [4.69, 9.17) is 5.11 Å². The van der Waals surface area contributed by atoms with Crippen molar-refractivity contribution in [3.8, 4) is 0 Å². The van der Waals surface area contributed by atoms with Crippen molar-refractivity contribution in [2.75, 3.05) is 0 Å². The Kier molecular flexibility index (Phi) is 4.05. The van der Waals surface area contributed by atoms with Gasteiger partial charge < -0.3 is 5.11 Å². The lowest BCUT2D eigenvalue weighted by Gasteiger charge is -1.96. The summed E-state index contributed by atoms with van der Waals surface area (Å²) in [5, 5.41) is 8.42. The van der Waals surface area contributed by atoms with Crippen LogP contribution < -0.4 is 0 Å². The molecule has 0 aromatic carbocycles. The summed E-state index contributed by atoms with van der Waals surface area (Å²) >= 11 is 0. The van der Waals surface area contributed by atoms with Gasteiger partial charge in [-0.3, -0.25) is 4.79 Å². The molecule has 1 saturated carbocycles. The summed E-state index contributed by atoms with van der Waals surface area (Å²) in [6, 6.07) is 0. The van der Waals surface area contributed by atoms with E-state index < -0.39 is 23.7 Å². The zero-order valence-electron chi connectivity index (χ0n) is 9.01. The van der Waals surface area contributed by atoms with E-state index in [2.05, 4.69) is 0 Å². The Bertz CT molecular complexity index is 229. The standard InChI is InChI=1S/C11H18F2O2/c1-2-3-4-5-8-9(11(8,12)13)6-7-10(14)15/h8-9H,2-7H2,1H3,(H,14,15). The highest BCUT2D eigenvalue weighted by atomic mass is 19.3. The number of alkyl halides is 2. The lowest BCUT2D eigenvalue weighted by molar-refractivity contribution is -0.137. The average Bonchev–Trinajstić information content (AvgIpc) is 2.65. The van der Waals surface area contributed by atoms with E-state index in [0.29, 0.717) is 6.42 Å². The highest BCUT2D eigenvalue weighted by Crippen LogP contribution is 2.59. The molecule has 0 amide bonds. The Morgan fingerprint density at radius 1 is 1.27 bits per heavy atom. The molecular formula is C11H18F2O2. The third-order valence-electron chi connectivity index (χ3n) is 3.15. The molecule has 0 aromatic heterocycles. The molecule has 0 saturated heterocycles. The van der Waals surface area contributed by atoms with Gasteiger partial charge in [0, 0.05) is 18.3 Å². The third-order valence-corrected chi connectivity index (χ3v) is 3.15. The zero-order valence-corrected chi connectivity index (χ0v) is 9.01. The molecule has 2 atom stereocenters. The topological polar surface area (TPSA) is 37.3 Å². The van der Waals surface area contributed by atoms with Crippen molar-refractivity contribution in [3.63, 3.8) is 0 Å². The molecule has 1 rings (SSSR count). The maximum absolute atomic E-state index is 13.1. The SMILES string of the molecule is CCCCCC1C(CCC(=O)O)C1(F)F. The molecule has 0 aromatic rings. The van der Waals surface area contributed by atoms with Gasteiger partial charge in [-0.2, -0.15) is 0 Å². The normalized spacial score (nSPS) is 27.7. The Balaban J connectivity index is 2.25. The number of halogens is 2. The van der Waals surface area contributed by atoms with Crippen molar-refractivity contribution >= 4 is 5.97 Å². The summed E-state index contributed by atoms with van der Waals surface area (Å²) < 4.78 is 26.3. The van der Waals surface area contributed by atoms with E-state index in [0.717, 1.165) is 19.3 Å². The van der Waals surface area contributed by atoms with Crippen LogP contribution in [-0.2, 0) is 4.79 Å². The first-order chi connectivity index (χ1) is 7.00. The Labute approximate surface area is 88.7 Å². The van der Waals surface area contributed by atoms with Crippen LogP contribution in [0.3, 0.4) is 0 Å². The van der Waals surface area contributed by atoms with E-state index in [1.165, 1.54) is 0 Å².